The second-order valence-corrected chi connectivity index (χ2v) is 9.21. The number of nitrogens with zero attached hydrogens (tertiary/aromatic N) is 2. The van der Waals surface area contributed by atoms with Crippen molar-refractivity contribution in [3.8, 4) is 5.75 Å². The Morgan fingerprint density at radius 1 is 1.16 bits per heavy atom. The van der Waals surface area contributed by atoms with Crippen LogP contribution < -0.4 is 4.74 Å². The topological polar surface area (TPSA) is 59.0 Å². The Balaban J connectivity index is 1.40. The monoisotopic (exact) mass is 502 g/mol. The van der Waals surface area contributed by atoms with Crippen LogP contribution in [-0.2, 0) is 16.2 Å². The summed E-state index contributed by atoms with van der Waals surface area (Å²) in [6.45, 7) is -0.00546. The molecule has 5 nitrogen and oxygen atoms in total. The number of carbonyl (C=O) groups is 2. The van der Waals surface area contributed by atoms with E-state index >= 15 is 0 Å². The Morgan fingerprint density at radius 3 is 2.52 bits per heavy atom. The summed E-state index contributed by atoms with van der Waals surface area (Å²) in [5.74, 6) is -0.914. The van der Waals surface area contributed by atoms with Crippen molar-refractivity contribution in [3.05, 3.63) is 75.0 Å². The van der Waals surface area contributed by atoms with Crippen LogP contribution in [0, 0.1) is 29.5 Å². The number of ether oxygens (including phenoxy) is 1. The molecule has 0 radical (unpaired) electrons. The van der Waals surface area contributed by atoms with Crippen molar-refractivity contribution >= 4 is 45.6 Å². The minimum absolute atomic E-state index is 0.00546. The second kappa shape index (κ2) is 7.88. The Bertz CT molecular complexity index is 1120. The third-order valence-corrected chi connectivity index (χ3v) is 6.93. The van der Waals surface area contributed by atoms with Gasteiger partial charge >= 0.3 is 0 Å². The molecule has 2 amide bonds. The smallest absolute Gasteiger partial charge is 0.254 e. The van der Waals surface area contributed by atoms with Crippen LogP contribution in [0.2, 0.25) is 5.02 Å². The van der Waals surface area contributed by atoms with Crippen molar-refractivity contribution in [2.75, 3.05) is 0 Å². The molecule has 0 unspecified atom stereocenters. The molecule has 4 atom stereocenters. The lowest BCUT2D eigenvalue weighted by Gasteiger charge is -2.14. The number of halogens is 3. The number of hydrazone groups is 1. The molecule has 8 heteroatoms. The molecule has 1 heterocycles. The summed E-state index contributed by atoms with van der Waals surface area (Å²) in [4.78, 5) is 25.6. The van der Waals surface area contributed by atoms with Crippen LogP contribution in [0.1, 0.15) is 17.5 Å². The van der Waals surface area contributed by atoms with Crippen LogP contribution in [0.25, 0.3) is 0 Å². The van der Waals surface area contributed by atoms with Gasteiger partial charge in [-0.15, -0.1) is 0 Å². The molecule has 2 fully saturated rings. The zero-order chi connectivity index (χ0) is 21.7. The first-order chi connectivity index (χ1) is 14.9. The number of hydrogen-bond donors (Lipinski definition) is 0. The molecule has 3 aliphatic rings. The quantitative estimate of drug-likeness (QED) is 0.329. The van der Waals surface area contributed by atoms with Crippen LogP contribution in [0.15, 0.2) is 58.1 Å². The minimum Gasteiger partial charge on any atom is -0.487 e. The van der Waals surface area contributed by atoms with Crippen LogP contribution >= 0.6 is 27.5 Å². The van der Waals surface area contributed by atoms with Crippen LogP contribution in [0.3, 0.4) is 0 Å². The summed E-state index contributed by atoms with van der Waals surface area (Å²) in [7, 11) is 0. The molecule has 2 aromatic rings. The molecular formula is C23H17BrClFN2O3. The number of allylic oxidation sites excluding steroid dienone is 2. The number of benzene rings is 2. The fraction of sp³-hybridized carbons (Fsp3) is 0.261. The zero-order valence-corrected chi connectivity index (χ0v) is 18.5. The molecule has 1 aliphatic heterocycles. The molecule has 0 N–H and O–H groups in total. The molecule has 2 aliphatic carbocycles. The van der Waals surface area contributed by atoms with Gasteiger partial charge < -0.3 is 4.74 Å². The van der Waals surface area contributed by atoms with Gasteiger partial charge in [0, 0.05) is 16.1 Å². The van der Waals surface area contributed by atoms with Crippen molar-refractivity contribution < 1.29 is 18.7 Å². The average Bonchev–Trinajstić information content (AvgIpc) is 3.41. The third kappa shape index (κ3) is 3.49. The zero-order valence-electron chi connectivity index (χ0n) is 16.2. The van der Waals surface area contributed by atoms with E-state index in [0.717, 1.165) is 11.4 Å². The van der Waals surface area contributed by atoms with Gasteiger partial charge in [-0.2, -0.15) is 10.1 Å². The summed E-state index contributed by atoms with van der Waals surface area (Å²) < 4.78 is 20.3. The Morgan fingerprint density at radius 2 is 1.84 bits per heavy atom. The summed E-state index contributed by atoms with van der Waals surface area (Å²) in [5, 5.41) is 5.59. The number of fused-ring (bicyclic) bond motifs is 5. The van der Waals surface area contributed by atoms with Gasteiger partial charge in [0.15, 0.2) is 0 Å². The summed E-state index contributed by atoms with van der Waals surface area (Å²) >= 11 is 9.59. The number of hydrogen-bond acceptors (Lipinski definition) is 4. The standard InChI is InChI=1S/C23H17BrClFN2O3/c24-17-9-16(25)8-15(21(17)31-11-14-3-1-2-4-18(14)26)10-27-28-22(29)19-12-5-6-13(7-12)20(19)23(28)30/h1-6,8-10,12-13,19-20H,7,11H2/t12-,13-,19-,20+/m0/s1. The SMILES string of the molecule is O=C1[C@@H]2[C@H](C(=O)N1N=Cc1cc(Cl)cc(Br)c1OCc1ccccc1F)[C@H]1C=C[C@H]2C1. The fourth-order valence-electron chi connectivity index (χ4n) is 4.71. The van der Waals surface area contributed by atoms with E-state index < -0.39 is 0 Å². The molecule has 1 saturated carbocycles. The van der Waals surface area contributed by atoms with Gasteiger partial charge in [0.2, 0.25) is 0 Å². The van der Waals surface area contributed by atoms with Crippen molar-refractivity contribution in [2.45, 2.75) is 13.0 Å². The van der Waals surface area contributed by atoms with Gasteiger partial charge in [-0.05, 0) is 52.4 Å². The highest BCUT2D eigenvalue weighted by atomic mass is 79.9. The molecular weight excluding hydrogens is 487 g/mol. The molecule has 0 aromatic heterocycles. The molecule has 2 aromatic carbocycles. The van der Waals surface area contributed by atoms with Crippen molar-refractivity contribution in [3.63, 3.8) is 0 Å². The third-order valence-electron chi connectivity index (χ3n) is 6.13. The average molecular weight is 504 g/mol. The van der Waals surface area contributed by atoms with Crippen LogP contribution in [0.5, 0.6) is 5.75 Å². The maximum absolute atomic E-state index is 14.0. The minimum atomic E-state index is -0.370. The van der Waals surface area contributed by atoms with Gasteiger partial charge in [0.05, 0.1) is 22.5 Å². The van der Waals surface area contributed by atoms with Crippen molar-refractivity contribution in [2.24, 2.45) is 28.8 Å². The van der Waals surface area contributed by atoms with E-state index in [1.807, 2.05) is 12.2 Å². The Hall–Kier alpha value is -2.51. The van der Waals surface area contributed by atoms with Gasteiger partial charge in [-0.1, -0.05) is 42.0 Å². The summed E-state index contributed by atoms with van der Waals surface area (Å²) in [6, 6.07) is 9.59. The highest BCUT2D eigenvalue weighted by Crippen LogP contribution is 2.52. The Labute approximate surface area is 191 Å². The van der Waals surface area contributed by atoms with Gasteiger partial charge in [0.25, 0.3) is 11.8 Å². The van der Waals surface area contributed by atoms with Crippen LogP contribution in [-0.4, -0.2) is 23.0 Å². The lowest BCUT2D eigenvalue weighted by Crippen LogP contribution is -2.28. The number of imide groups is 1. The van der Waals surface area contributed by atoms with Crippen LogP contribution in [0.4, 0.5) is 4.39 Å². The number of rotatable bonds is 5. The lowest BCUT2D eigenvalue weighted by molar-refractivity contribution is -0.140. The van der Waals surface area contributed by atoms with Gasteiger partial charge in [0.1, 0.15) is 18.2 Å². The van der Waals surface area contributed by atoms with E-state index in [1.165, 1.54) is 12.3 Å². The highest BCUT2D eigenvalue weighted by molar-refractivity contribution is 9.10. The number of carbonyl (C=O) groups excluding carboxylic acids is 2. The van der Waals surface area contributed by atoms with E-state index in [2.05, 4.69) is 21.0 Å². The first-order valence-corrected chi connectivity index (χ1v) is 11.1. The first kappa shape index (κ1) is 20.4. The van der Waals surface area contributed by atoms with E-state index in [1.54, 1.807) is 30.3 Å². The summed E-state index contributed by atoms with van der Waals surface area (Å²) in [6.07, 6.45) is 6.32. The van der Waals surface area contributed by atoms with E-state index in [4.69, 9.17) is 16.3 Å². The predicted molar refractivity (Wildman–Crippen MR) is 117 cm³/mol. The molecule has 5 rings (SSSR count). The Kier molecular flexibility index (Phi) is 5.18. The molecule has 31 heavy (non-hydrogen) atoms. The highest BCUT2D eigenvalue weighted by Gasteiger charge is 2.59. The largest absolute Gasteiger partial charge is 0.487 e. The summed E-state index contributed by atoms with van der Waals surface area (Å²) in [5.41, 5.74) is 0.863. The molecule has 158 valence electrons. The van der Waals surface area contributed by atoms with E-state index in [0.29, 0.717) is 26.4 Å². The molecule has 0 spiro atoms. The fourth-order valence-corrected chi connectivity index (χ4v) is 5.66. The predicted octanol–water partition coefficient (Wildman–Crippen LogP) is 4.96. The molecule has 2 bridgehead atoms. The lowest BCUT2D eigenvalue weighted by atomic mass is 9.85. The van der Waals surface area contributed by atoms with Crippen molar-refractivity contribution in [1.29, 1.82) is 0 Å². The van der Waals surface area contributed by atoms with E-state index in [-0.39, 0.29) is 47.9 Å². The normalized spacial score (nSPS) is 26.4. The maximum Gasteiger partial charge on any atom is 0.254 e. The maximum atomic E-state index is 14.0. The van der Waals surface area contributed by atoms with Gasteiger partial charge in [-0.3, -0.25) is 9.59 Å². The molecule has 1 saturated heterocycles. The first-order valence-electron chi connectivity index (χ1n) is 9.89. The van der Waals surface area contributed by atoms with E-state index in [9.17, 15) is 14.0 Å². The second-order valence-electron chi connectivity index (χ2n) is 7.92. The van der Waals surface area contributed by atoms with Gasteiger partial charge in [-0.25, -0.2) is 4.39 Å². The van der Waals surface area contributed by atoms with Crippen molar-refractivity contribution in [1.82, 2.24) is 5.01 Å². The number of amides is 2.